The highest BCUT2D eigenvalue weighted by atomic mass is 79.9. The summed E-state index contributed by atoms with van der Waals surface area (Å²) < 4.78 is 5.69. The van der Waals surface area contributed by atoms with Crippen LogP contribution in [-0.2, 0) is 4.74 Å². The molecule has 0 fully saturated rings. The maximum Gasteiger partial charge on any atom is 0.411 e. The largest absolute Gasteiger partial charge is 0.453 e. The summed E-state index contributed by atoms with van der Waals surface area (Å²) in [5.41, 5.74) is 1.05. The molecule has 0 heterocycles. The van der Waals surface area contributed by atoms with E-state index in [9.17, 15) is 9.59 Å². The molecule has 1 rings (SSSR count). The van der Waals surface area contributed by atoms with E-state index in [2.05, 4.69) is 57.8 Å². The molecule has 0 bridgehead atoms. The van der Waals surface area contributed by atoms with E-state index in [0.29, 0.717) is 20.2 Å². The lowest BCUT2D eigenvalue weighted by Gasteiger charge is -2.10. The van der Waals surface area contributed by atoms with Gasteiger partial charge in [-0.2, -0.15) is 0 Å². The van der Waals surface area contributed by atoms with Gasteiger partial charge in [-0.15, -0.1) is 0 Å². The lowest BCUT2D eigenvalue weighted by atomic mass is 10.1. The lowest BCUT2D eigenvalue weighted by Crippen LogP contribution is -2.12. The highest BCUT2D eigenvalue weighted by molar-refractivity contribution is 9.11. The first-order chi connectivity index (χ1) is 7.99. The molecule has 0 aliphatic carbocycles. The van der Waals surface area contributed by atoms with Gasteiger partial charge in [-0.05, 0) is 44.0 Å². The van der Waals surface area contributed by atoms with Crippen molar-refractivity contribution in [2.24, 2.45) is 0 Å². The summed E-state index contributed by atoms with van der Waals surface area (Å²) in [5.74, 6) is -0.0454. The van der Waals surface area contributed by atoms with E-state index in [4.69, 9.17) is 0 Å². The maximum atomic E-state index is 11.5. The van der Waals surface area contributed by atoms with E-state index in [1.54, 1.807) is 12.1 Å². The quantitative estimate of drug-likeness (QED) is 0.584. The van der Waals surface area contributed by atoms with Crippen molar-refractivity contribution >= 4 is 65.4 Å². The van der Waals surface area contributed by atoms with E-state index in [1.165, 1.54) is 7.11 Å². The molecule has 1 aromatic rings. The first-order valence-electron chi connectivity index (χ1n) is 4.42. The second kappa shape index (κ2) is 6.51. The van der Waals surface area contributed by atoms with Gasteiger partial charge in [0.15, 0.2) is 5.78 Å². The number of hydrogen-bond acceptors (Lipinski definition) is 3. The van der Waals surface area contributed by atoms with Crippen LogP contribution in [0.25, 0.3) is 0 Å². The number of anilines is 1. The number of carbonyl (C=O) groups excluding carboxylic acids is 2. The van der Waals surface area contributed by atoms with Gasteiger partial charge in [0.1, 0.15) is 0 Å². The molecule has 0 saturated carbocycles. The van der Waals surface area contributed by atoms with Gasteiger partial charge in [0.2, 0.25) is 0 Å². The van der Waals surface area contributed by atoms with Crippen LogP contribution in [0.5, 0.6) is 0 Å². The normalized spacial score (nSPS) is 9.88. The van der Waals surface area contributed by atoms with Crippen LogP contribution in [0.4, 0.5) is 10.5 Å². The van der Waals surface area contributed by atoms with E-state index >= 15 is 0 Å². The number of ether oxygens (including phenoxy) is 1. The third-order valence-corrected chi connectivity index (χ3v) is 3.66. The number of carbonyl (C=O) groups is 2. The first-order valence-corrected chi connectivity index (χ1v) is 7.13. The molecule has 0 saturated heterocycles. The molecular formula is C10H8Br3NO3. The molecule has 1 amide bonds. The Hall–Kier alpha value is -0.400. The molecule has 0 atom stereocenters. The zero-order valence-electron chi connectivity index (χ0n) is 8.72. The molecule has 1 N–H and O–H groups in total. The minimum absolute atomic E-state index is 0.0454. The molecule has 0 aliphatic heterocycles. The van der Waals surface area contributed by atoms with Crippen LogP contribution >= 0.6 is 47.8 Å². The molecule has 0 radical (unpaired) electrons. The standard InChI is InChI=1S/C10H8Br3NO3/c1-17-10(16)14-9-6(12)2-5(3-7(9)13)8(15)4-11/h2-3H,4H2,1H3,(H,14,16). The SMILES string of the molecule is COC(=O)Nc1c(Br)cc(C(=O)CBr)cc1Br. The Morgan fingerprint density at radius 2 is 1.82 bits per heavy atom. The van der Waals surface area contributed by atoms with Crippen LogP contribution in [0.15, 0.2) is 21.1 Å². The van der Waals surface area contributed by atoms with Crippen LogP contribution in [0.3, 0.4) is 0 Å². The Morgan fingerprint density at radius 1 is 1.29 bits per heavy atom. The van der Waals surface area contributed by atoms with Gasteiger partial charge < -0.3 is 4.74 Å². The summed E-state index contributed by atoms with van der Waals surface area (Å²) in [7, 11) is 1.28. The Morgan fingerprint density at radius 3 is 2.24 bits per heavy atom. The van der Waals surface area contributed by atoms with Crippen molar-refractivity contribution in [2.45, 2.75) is 0 Å². The molecule has 0 unspecified atom stereocenters. The van der Waals surface area contributed by atoms with Crippen LogP contribution in [0.2, 0.25) is 0 Å². The number of alkyl halides is 1. The zero-order chi connectivity index (χ0) is 13.0. The number of nitrogens with one attached hydrogen (secondary N) is 1. The smallest absolute Gasteiger partial charge is 0.411 e. The lowest BCUT2D eigenvalue weighted by molar-refractivity contribution is 0.102. The second-order valence-corrected chi connectivity index (χ2v) is 5.26. The number of rotatable bonds is 3. The number of halogens is 3. The monoisotopic (exact) mass is 427 g/mol. The van der Waals surface area contributed by atoms with E-state index in [0.717, 1.165) is 0 Å². The summed E-state index contributed by atoms with van der Waals surface area (Å²) >= 11 is 9.67. The Labute approximate surface area is 123 Å². The fourth-order valence-corrected chi connectivity index (χ4v) is 2.79. The maximum absolute atomic E-state index is 11.5. The van der Waals surface area contributed by atoms with Gasteiger partial charge >= 0.3 is 6.09 Å². The molecule has 0 aromatic heterocycles. The molecule has 17 heavy (non-hydrogen) atoms. The molecule has 0 spiro atoms. The van der Waals surface area contributed by atoms with Crippen molar-refractivity contribution in [2.75, 3.05) is 17.8 Å². The van der Waals surface area contributed by atoms with Crippen LogP contribution in [-0.4, -0.2) is 24.3 Å². The van der Waals surface area contributed by atoms with Crippen LogP contribution < -0.4 is 5.32 Å². The van der Waals surface area contributed by atoms with Gasteiger partial charge in [0, 0.05) is 14.5 Å². The molecule has 0 aliphatic rings. The van der Waals surface area contributed by atoms with Crippen molar-refractivity contribution < 1.29 is 14.3 Å². The first kappa shape index (κ1) is 14.7. The molecule has 92 valence electrons. The summed E-state index contributed by atoms with van der Waals surface area (Å²) in [4.78, 5) is 22.6. The Balaban J connectivity index is 3.10. The number of methoxy groups -OCH3 is 1. The minimum atomic E-state index is -0.578. The second-order valence-electron chi connectivity index (χ2n) is 2.99. The van der Waals surface area contributed by atoms with Crippen LogP contribution in [0, 0.1) is 0 Å². The third-order valence-electron chi connectivity index (χ3n) is 1.90. The molecular weight excluding hydrogens is 422 g/mol. The van der Waals surface area contributed by atoms with Gasteiger partial charge in [-0.1, -0.05) is 15.9 Å². The summed E-state index contributed by atoms with van der Waals surface area (Å²) in [6.45, 7) is 0. The Bertz CT molecular complexity index is 439. The molecule has 1 aromatic carbocycles. The van der Waals surface area contributed by atoms with Gasteiger partial charge in [0.25, 0.3) is 0 Å². The highest BCUT2D eigenvalue weighted by Crippen LogP contribution is 2.32. The van der Waals surface area contributed by atoms with Crippen molar-refractivity contribution in [1.82, 2.24) is 0 Å². The minimum Gasteiger partial charge on any atom is -0.453 e. The number of amides is 1. The predicted molar refractivity (Wildman–Crippen MR) is 76.0 cm³/mol. The molecule has 7 heteroatoms. The Kier molecular flexibility index (Phi) is 5.61. The van der Waals surface area contributed by atoms with Gasteiger partial charge in [-0.3, -0.25) is 10.1 Å². The summed E-state index contributed by atoms with van der Waals surface area (Å²) in [5, 5.41) is 2.78. The van der Waals surface area contributed by atoms with E-state index in [1.807, 2.05) is 0 Å². The van der Waals surface area contributed by atoms with E-state index in [-0.39, 0.29) is 11.1 Å². The van der Waals surface area contributed by atoms with Crippen molar-refractivity contribution in [1.29, 1.82) is 0 Å². The summed E-state index contributed by atoms with van der Waals surface area (Å²) in [6.07, 6.45) is -0.578. The predicted octanol–water partition coefficient (Wildman–Crippen LogP) is 3.97. The topological polar surface area (TPSA) is 55.4 Å². The fraction of sp³-hybridized carbons (Fsp3) is 0.200. The van der Waals surface area contributed by atoms with Crippen molar-refractivity contribution in [3.05, 3.63) is 26.6 Å². The van der Waals surface area contributed by atoms with E-state index < -0.39 is 6.09 Å². The molecule has 4 nitrogen and oxygen atoms in total. The highest BCUT2D eigenvalue weighted by Gasteiger charge is 2.13. The van der Waals surface area contributed by atoms with Crippen molar-refractivity contribution in [3.63, 3.8) is 0 Å². The van der Waals surface area contributed by atoms with Gasteiger partial charge in [-0.25, -0.2) is 4.79 Å². The number of ketones is 1. The summed E-state index contributed by atoms with van der Waals surface area (Å²) in [6, 6.07) is 3.28. The third kappa shape index (κ3) is 3.79. The number of benzene rings is 1. The van der Waals surface area contributed by atoms with Crippen LogP contribution in [0.1, 0.15) is 10.4 Å². The average Bonchev–Trinajstić information content (AvgIpc) is 2.32. The number of Topliss-reactive ketones (excluding diaryl/α,β-unsaturated/α-hetero) is 1. The number of hydrogen-bond donors (Lipinski definition) is 1. The van der Waals surface area contributed by atoms with Gasteiger partial charge in [0.05, 0.1) is 18.1 Å². The average molecular weight is 430 g/mol. The fourth-order valence-electron chi connectivity index (χ4n) is 1.08. The van der Waals surface area contributed by atoms with Crippen molar-refractivity contribution in [3.8, 4) is 0 Å². The zero-order valence-corrected chi connectivity index (χ0v) is 13.5.